The monoisotopic (exact) mass is 469 g/mol. The van der Waals surface area contributed by atoms with Crippen molar-refractivity contribution in [3.63, 3.8) is 0 Å². The molecule has 1 saturated heterocycles. The van der Waals surface area contributed by atoms with Gasteiger partial charge in [-0.1, -0.05) is 24.3 Å². The maximum absolute atomic E-state index is 13.4. The highest BCUT2D eigenvalue weighted by Gasteiger charge is 2.43. The number of carbonyl (C=O) groups is 2. The smallest absolute Gasteiger partial charge is 0.422 e. The molecule has 2 atom stereocenters. The number of amides is 1. The summed E-state index contributed by atoms with van der Waals surface area (Å²) >= 11 is 0. The molecule has 0 spiro atoms. The van der Waals surface area contributed by atoms with Crippen LogP contribution in [0.15, 0.2) is 48.5 Å². The largest absolute Gasteiger partial charge is 0.484 e. The van der Waals surface area contributed by atoms with Crippen molar-refractivity contribution in [3.05, 3.63) is 65.5 Å². The Hall–Kier alpha value is -3.30. The Kier molecular flexibility index (Phi) is 7.14. The third-order valence-electron chi connectivity index (χ3n) is 5.62. The van der Waals surface area contributed by atoms with Crippen molar-refractivity contribution >= 4 is 12.1 Å². The molecule has 1 N–H and O–H groups in total. The molecule has 1 aliphatic heterocycles. The van der Waals surface area contributed by atoms with Crippen molar-refractivity contribution < 1.29 is 41.7 Å². The molecule has 0 bridgehead atoms. The Bertz CT molecular complexity index is 978. The van der Waals surface area contributed by atoms with Crippen LogP contribution in [0.1, 0.15) is 43.4 Å². The first kappa shape index (κ1) is 24.3. The fourth-order valence-corrected chi connectivity index (χ4v) is 3.79. The molecular weight excluding hydrogens is 446 g/mol. The van der Waals surface area contributed by atoms with Gasteiger partial charge in [0.05, 0.1) is 6.04 Å². The number of carboxylic acids is 1. The number of ether oxygens (including phenoxy) is 2. The van der Waals surface area contributed by atoms with Gasteiger partial charge in [0, 0.05) is 25.8 Å². The number of alkyl halides is 3. The zero-order chi connectivity index (χ0) is 24.2. The van der Waals surface area contributed by atoms with Crippen LogP contribution in [0.2, 0.25) is 0 Å². The molecule has 33 heavy (non-hydrogen) atoms. The molecule has 178 valence electrons. The second-order valence-corrected chi connectivity index (χ2v) is 7.86. The summed E-state index contributed by atoms with van der Waals surface area (Å²) in [6.45, 7) is 0.584. The molecule has 0 aliphatic carbocycles. The van der Waals surface area contributed by atoms with Gasteiger partial charge in [0.25, 0.3) is 0 Å². The molecule has 0 radical (unpaired) electrons. The van der Waals surface area contributed by atoms with Gasteiger partial charge >= 0.3 is 18.2 Å². The number of rotatable bonds is 8. The van der Waals surface area contributed by atoms with Crippen LogP contribution in [0.25, 0.3) is 0 Å². The first-order valence-corrected chi connectivity index (χ1v) is 10.3. The van der Waals surface area contributed by atoms with Gasteiger partial charge in [0.2, 0.25) is 0 Å². The van der Waals surface area contributed by atoms with E-state index >= 15 is 0 Å². The van der Waals surface area contributed by atoms with E-state index < -0.39 is 42.3 Å². The van der Waals surface area contributed by atoms with Crippen molar-refractivity contribution in [1.82, 2.24) is 4.90 Å². The molecule has 0 aromatic heterocycles. The van der Waals surface area contributed by atoms with Crippen LogP contribution in [-0.2, 0) is 15.1 Å². The van der Waals surface area contributed by atoms with Gasteiger partial charge in [0.1, 0.15) is 17.2 Å². The van der Waals surface area contributed by atoms with Crippen LogP contribution in [0.5, 0.6) is 5.75 Å². The minimum atomic E-state index is -4.44. The predicted molar refractivity (Wildman–Crippen MR) is 109 cm³/mol. The Morgan fingerprint density at radius 3 is 2.36 bits per heavy atom. The van der Waals surface area contributed by atoms with Gasteiger partial charge in [-0.05, 0) is 42.3 Å². The van der Waals surface area contributed by atoms with E-state index in [4.69, 9.17) is 14.6 Å². The Balaban J connectivity index is 1.73. The maximum atomic E-state index is 13.4. The second-order valence-electron chi connectivity index (χ2n) is 7.86. The Morgan fingerprint density at radius 2 is 1.82 bits per heavy atom. The van der Waals surface area contributed by atoms with Gasteiger partial charge in [-0.3, -0.25) is 4.79 Å². The van der Waals surface area contributed by atoms with E-state index in [0.717, 1.165) is 0 Å². The van der Waals surface area contributed by atoms with E-state index in [2.05, 4.69) is 0 Å². The van der Waals surface area contributed by atoms with Gasteiger partial charge in [-0.25, -0.2) is 9.18 Å². The summed E-state index contributed by atoms with van der Waals surface area (Å²) in [4.78, 5) is 25.5. The Labute approximate surface area is 187 Å². The lowest BCUT2D eigenvalue weighted by Crippen LogP contribution is -2.49. The number of carboxylic acid groups (broad SMARTS) is 1. The van der Waals surface area contributed by atoms with Gasteiger partial charge < -0.3 is 19.5 Å². The summed E-state index contributed by atoms with van der Waals surface area (Å²) in [7, 11) is 0. The van der Waals surface area contributed by atoms with Crippen LogP contribution in [0.3, 0.4) is 0 Å². The first-order chi connectivity index (χ1) is 15.5. The minimum absolute atomic E-state index is 0.0349. The number of nitrogens with zero attached hydrogens (tertiary/aromatic N) is 1. The van der Waals surface area contributed by atoms with E-state index in [1.165, 1.54) is 41.3 Å². The molecule has 1 amide bonds. The average Bonchev–Trinajstić information content (AvgIpc) is 2.76. The molecule has 1 aliphatic rings. The standard InChI is InChI=1S/C23H23F4NO5/c1-15(16-2-8-19(9-3-16)32-14-23(25,26)27)28-13-12-22(33-21(28)31,11-10-20(29)30)17-4-6-18(24)7-5-17/h2-9,15H,10-14H2,1H3,(H,29,30)/t15-,22+/m0/s1. The van der Waals surface area contributed by atoms with Gasteiger partial charge in [0.15, 0.2) is 6.61 Å². The highest BCUT2D eigenvalue weighted by atomic mass is 19.4. The first-order valence-electron chi connectivity index (χ1n) is 10.3. The van der Waals surface area contributed by atoms with Crippen molar-refractivity contribution in [2.75, 3.05) is 13.2 Å². The van der Waals surface area contributed by atoms with E-state index in [1.54, 1.807) is 19.1 Å². The maximum Gasteiger partial charge on any atom is 0.422 e. The SMILES string of the molecule is C[C@@H](c1ccc(OCC(F)(F)F)cc1)N1CC[C@](CCC(=O)O)(c2ccc(F)cc2)OC1=O. The number of halogens is 4. The highest BCUT2D eigenvalue weighted by molar-refractivity contribution is 5.71. The molecule has 0 saturated carbocycles. The molecule has 1 fully saturated rings. The van der Waals surface area contributed by atoms with E-state index in [-0.39, 0.29) is 31.6 Å². The van der Waals surface area contributed by atoms with Crippen molar-refractivity contribution in [1.29, 1.82) is 0 Å². The fourth-order valence-electron chi connectivity index (χ4n) is 3.79. The van der Waals surface area contributed by atoms with E-state index in [0.29, 0.717) is 11.1 Å². The average molecular weight is 469 g/mol. The topological polar surface area (TPSA) is 76.1 Å². The molecule has 3 rings (SSSR count). The minimum Gasteiger partial charge on any atom is -0.484 e. The summed E-state index contributed by atoms with van der Waals surface area (Å²) in [5.74, 6) is -1.46. The van der Waals surface area contributed by atoms with Crippen LogP contribution in [0, 0.1) is 5.82 Å². The summed E-state index contributed by atoms with van der Waals surface area (Å²) in [5, 5.41) is 9.13. The third-order valence-corrected chi connectivity index (χ3v) is 5.62. The van der Waals surface area contributed by atoms with Crippen molar-refractivity contribution in [2.45, 2.75) is 44.0 Å². The van der Waals surface area contributed by atoms with E-state index in [1.807, 2.05) is 0 Å². The van der Waals surface area contributed by atoms with Crippen molar-refractivity contribution in [2.24, 2.45) is 0 Å². The molecule has 10 heteroatoms. The van der Waals surface area contributed by atoms with Gasteiger partial charge in [-0.2, -0.15) is 13.2 Å². The third kappa shape index (κ3) is 6.15. The molecule has 0 unspecified atom stereocenters. The quantitative estimate of drug-likeness (QED) is 0.522. The van der Waals surface area contributed by atoms with Crippen LogP contribution < -0.4 is 4.74 Å². The normalized spacial score (nSPS) is 19.7. The molecule has 2 aromatic carbocycles. The summed E-state index contributed by atoms with van der Waals surface area (Å²) in [5.41, 5.74) is -0.0302. The number of carbonyl (C=O) groups excluding carboxylic acids is 1. The fraction of sp³-hybridized carbons (Fsp3) is 0.391. The number of hydrogen-bond acceptors (Lipinski definition) is 4. The lowest BCUT2D eigenvalue weighted by molar-refractivity contribution is -0.153. The lowest BCUT2D eigenvalue weighted by Gasteiger charge is -2.43. The van der Waals surface area contributed by atoms with Crippen LogP contribution >= 0.6 is 0 Å². The zero-order valence-electron chi connectivity index (χ0n) is 17.8. The van der Waals surface area contributed by atoms with E-state index in [9.17, 15) is 27.2 Å². The van der Waals surface area contributed by atoms with Crippen LogP contribution in [0.4, 0.5) is 22.4 Å². The highest BCUT2D eigenvalue weighted by Crippen LogP contribution is 2.40. The molecule has 2 aromatic rings. The lowest BCUT2D eigenvalue weighted by atomic mass is 9.84. The number of benzene rings is 2. The summed E-state index contributed by atoms with van der Waals surface area (Å²) in [6, 6.07) is 10.9. The zero-order valence-corrected chi connectivity index (χ0v) is 17.8. The number of hydrogen-bond donors (Lipinski definition) is 1. The predicted octanol–water partition coefficient (Wildman–Crippen LogP) is 5.43. The molecular formula is C23H23F4NO5. The Morgan fingerprint density at radius 1 is 1.18 bits per heavy atom. The second kappa shape index (κ2) is 9.68. The molecule has 6 nitrogen and oxygen atoms in total. The summed E-state index contributed by atoms with van der Waals surface area (Å²) in [6.07, 6.45) is -5.02. The van der Waals surface area contributed by atoms with Crippen LogP contribution in [-0.4, -0.2) is 41.4 Å². The van der Waals surface area contributed by atoms with Crippen molar-refractivity contribution in [3.8, 4) is 5.75 Å². The number of aliphatic carboxylic acids is 1. The summed E-state index contributed by atoms with van der Waals surface area (Å²) < 4.78 is 60.8. The molecule has 1 heterocycles. The van der Waals surface area contributed by atoms with Gasteiger partial charge in [-0.15, -0.1) is 0 Å². The number of cyclic esters (lactones) is 1.